The Morgan fingerprint density at radius 3 is 1.01 bits per heavy atom. The van der Waals surface area contributed by atoms with Crippen molar-refractivity contribution in [1.82, 2.24) is 5.32 Å². The number of rotatable bonds is 44. The van der Waals surface area contributed by atoms with Crippen LogP contribution in [0.5, 0.6) is 0 Å². The number of carbonyl (C=O) groups excluding carboxylic acids is 6. The second kappa shape index (κ2) is 69.5. The Morgan fingerprint density at radius 2 is 0.650 bits per heavy atom. The van der Waals surface area contributed by atoms with E-state index in [1.165, 1.54) is 286 Å². The number of nitrogens with two attached hydrogens (primary N) is 7. The second-order valence-electron chi connectivity index (χ2n) is 41.7. The molecule has 15 N–H and O–H groups in total. The summed E-state index contributed by atoms with van der Waals surface area (Å²) in [6.45, 7) is 24.3. The number of unbranched alkanes of at least 4 members (excludes halogenated alkanes) is 10. The van der Waals surface area contributed by atoms with Crippen LogP contribution in [0, 0.1) is 29.6 Å². The fraction of sp³-hybridized carbons (Fsp3) is 0.644. The number of anilines is 7. The number of benzene rings is 6. The van der Waals surface area contributed by atoms with Crippen LogP contribution in [0.2, 0.25) is 0 Å². The molecule has 6 aromatic rings. The number of amides is 1. The van der Waals surface area contributed by atoms with Gasteiger partial charge in [-0.1, -0.05) is 320 Å². The Balaban J connectivity index is 0.000000260. The molecule has 782 valence electrons. The third-order valence-electron chi connectivity index (χ3n) is 27.3. The summed E-state index contributed by atoms with van der Waals surface area (Å²) in [5, 5.41) is 2.60. The fourth-order valence-electron chi connectivity index (χ4n) is 19.4. The maximum absolute atomic E-state index is 12.2. The molecule has 140 heavy (non-hydrogen) atoms. The van der Waals surface area contributed by atoms with Crippen LogP contribution in [0.3, 0.4) is 0 Å². The van der Waals surface area contributed by atoms with Crippen molar-refractivity contribution in [3.63, 3.8) is 0 Å². The van der Waals surface area contributed by atoms with Gasteiger partial charge in [-0.3, -0.25) is 4.79 Å². The summed E-state index contributed by atoms with van der Waals surface area (Å²) in [5.74, 6) is 2.62. The number of Topliss-reactive ketones (excluding diaryl/α,β-unsaturated/α-hetero) is 1. The Bertz CT molecular complexity index is 4430. The van der Waals surface area contributed by atoms with Gasteiger partial charge in [0.25, 0.3) is 0 Å². The molecule has 0 atom stereocenters. The summed E-state index contributed by atoms with van der Waals surface area (Å²) >= 11 is 0. The number of hydrogen-bond acceptors (Lipinski definition) is 21. The lowest BCUT2D eigenvalue weighted by Gasteiger charge is -2.26. The zero-order chi connectivity index (χ0) is 102. The third-order valence-corrected chi connectivity index (χ3v) is 27.3. The van der Waals surface area contributed by atoms with Gasteiger partial charge in [-0.25, -0.2) is 24.0 Å². The average Bonchev–Trinajstić information content (AvgIpc) is 0.876. The van der Waals surface area contributed by atoms with Crippen LogP contribution in [-0.2, 0) is 65.3 Å². The van der Waals surface area contributed by atoms with E-state index in [1.807, 2.05) is 95.3 Å². The zero-order valence-corrected chi connectivity index (χ0v) is 88.4. The molecular formula is C118H187N9O13. The van der Waals surface area contributed by atoms with Gasteiger partial charge < -0.3 is 83.5 Å². The molecule has 0 unspecified atom stereocenters. The van der Waals surface area contributed by atoms with Crippen LogP contribution < -0.4 is 50.4 Å². The highest BCUT2D eigenvalue weighted by Gasteiger charge is 2.25. The molecule has 0 radical (unpaired) electrons. The highest BCUT2D eigenvalue weighted by Crippen LogP contribution is 2.36. The van der Waals surface area contributed by atoms with Crippen molar-refractivity contribution in [1.29, 1.82) is 0 Å². The Morgan fingerprint density at radius 1 is 0.329 bits per heavy atom. The number of ether oxygens (including phenoxy) is 7. The number of para-hydroxylation sites is 1. The predicted molar refractivity (Wildman–Crippen MR) is 580 cm³/mol. The highest BCUT2D eigenvalue weighted by molar-refractivity contribution is 5.97. The van der Waals surface area contributed by atoms with Gasteiger partial charge in [0.15, 0.2) is 5.78 Å². The minimum Gasteiger partial charge on any atom is -0.462 e. The molecule has 0 saturated heterocycles. The van der Waals surface area contributed by atoms with Gasteiger partial charge in [0, 0.05) is 66.6 Å². The molecule has 6 aromatic carbocycles. The van der Waals surface area contributed by atoms with Crippen LogP contribution in [0.1, 0.15) is 425 Å². The molecule has 22 heteroatoms. The number of nitrogens with one attached hydrogen (secondary N) is 1. The first kappa shape index (κ1) is 119. The Kier molecular flexibility index (Phi) is 59.3. The Labute approximate surface area is 844 Å². The number of alkyl carbamates (subject to hydrolysis) is 1. The van der Waals surface area contributed by atoms with Gasteiger partial charge in [-0.2, -0.15) is 0 Å². The second-order valence-corrected chi connectivity index (χ2v) is 41.7. The lowest BCUT2D eigenvalue weighted by atomic mass is 9.84. The average molecular weight is 1940 g/mol. The maximum Gasteiger partial charge on any atom is 0.407 e. The molecule has 5 aliphatic carbocycles. The van der Waals surface area contributed by atoms with E-state index in [9.17, 15) is 28.8 Å². The highest BCUT2D eigenvalue weighted by atomic mass is 16.6. The monoisotopic (exact) mass is 1940 g/mol. The number of ketones is 1. The van der Waals surface area contributed by atoms with Crippen LogP contribution >= 0.6 is 0 Å². The number of hydrogen-bond donors (Lipinski definition) is 8. The van der Waals surface area contributed by atoms with E-state index in [0.717, 1.165) is 108 Å². The molecule has 5 saturated carbocycles. The first-order chi connectivity index (χ1) is 67.5. The van der Waals surface area contributed by atoms with Crippen molar-refractivity contribution in [2.45, 2.75) is 389 Å². The number of esters is 4. The van der Waals surface area contributed by atoms with Crippen molar-refractivity contribution < 1.29 is 61.9 Å². The van der Waals surface area contributed by atoms with Gasteiger partial charge >= 0.3 is 30.0 Å². The maximum atomic E-state index is 12.2. The number of nitrogen functional groups attached to an aromatic ring is 6. The topological polar surface area (TPSA) is 364 Å². The van der Waals surface area contributed by atoms with E-state index >= 15 is 0 Å². The van der Waals surface area contributed by atoms with E-state index in [4.69, 9.17) is 73.3 Å². The number of carbonyl (C=O) groups is 6. The molecule has 0 aromatic heterocycles. The van der Waals surface area contributed by atoms with E-state index in [0.29, 0.717) is 91.2 Å². The van der Waals surface area contributed by atoms with Crippen LogP contribution in [-0.4, -0.2) is 119 Å². The minimum absolute atomic E-state index is 0.134. The van der Waals surface area contributed by atoms with Crippen LogP contribution in [0.25, 0.3) is 0 Å². The van der Waals surface area contributed by atoms with Crippen molar-refractivity contribution >= 4 is 75.6 Å². The summed E-state index contributed by atoms with van der Waals surface area (Å²) in [6.07, 6.45) is 60.8. The zero-order valence-electron chi connectivity index (χ0n) is 88.4. The van der Waals surface area contributed by atoms with Crippen molar-refractivity contribution in [2.75, 3.05) is 112 Å². The number of nitrogens with zero attached hydrogens (tertiary/aromatic N) is 1. The summed E-state index contributed by atoms with van der Waals surface area (Å²) in [7, 11) is 0. The van der Waals surface area contributed by atoms with Crippen molar-refractivity contribution in [3.8, 4) is 0 Å². The van der Waals surface area contributed by atoms with E-state index < -0.39 is 23.3 Å². The van der Waals surface area contributed by atoms with E-state index in [2.05, 4.69) is 42.3 Å². The van der Waals surface area contributed by atoms with E-state index in [1.54, 1.807) is 57.2 Å². The molecule has 22 nitrogen and oxygen atoms in total. The lowest BCUT2D eigenvalue weighted by molar-refractivity contribution is 0.00680. The third kappa shape index (κ3) is 50.5. The molecular weight excluding hydrogens is 1750 g/mol. The SMILES string of the molecule is CC(C)(C)OC(=O)NCCOCCOC(=O)c1ccc(CC2CCCCC2)c(N)c1.CC(C)(C)OC(=O)c1ccc(CC2CCCCCCC2)c(N)c1.CCCC(=O)c1ccc(CC2CCCCCCC2)c(N)c1.CCCCCCCCN(CCCCCCCC)c1ccc(C(=O)OCC)cc1N.NCCOCCOC(=O)c1ccc(CC2CCCCC2)c(N)c1.Nc1ccccc1CC1CCCCC1. The summed E-state index contributed by atoms with van der Waals surface area (Å²) in [6, 6.07) is 36.4. The fourth-order valence-corrected chi connectivity index (χ4v) is 19.4. The van der Waals surface area contributed by atoms with Crippen molar-refractivity contribution in [2.24, 2.45) is 35.3 Å². The van der Waals surface area contributed by atoms with Gasteiger partial charge in [-0.15, -0.1) is 0 Å². The molecule has 5 aliphatic rings. The van der Waals surface area contributed by atoms with E-state index in [-0.39, 0.29) is 43.5 Å². The summed E-state index contributed by atoms with van der Waals surface area (Å²) < 4.78 is 36.5. The minimum atomic E-state index is -0.531. The van der Waals surface area contributed by atoms with Gasteiger partial charge in [0.2, 0.25) is 0 Å². The molecule has 0 bridgehead atoms. The lowest BCUT2D eigenvalue weighted by Crippen LogP contribution is -2.34. The molecule has 5 fully saturated rings. The van der Waals surface area contributed by atoms with Gasteiger partial charge in [0.05, 0.1) is 66.7 Å². The van der Waals surface area contributed by atoms with Gasteiger partial charge in [-0.05, 0) is 224 Å². The first-order valence-electron chi connectivity index (χ1n) is 54.6. The molecule has 11 rings (SSSR count). The molecule has 0 spiro atoms. The van der Waals surface area contributed by atoms with Crippen LogP contribution in [0.4, 0.5) is 44.6 Å². The predicted octanol–water partition coefficient (Wildman–Crippen LogP) is 27.3. The molecule has 0 aliphatic heterocycles. The van der Waals surface area contributed by atoms with Crippen molar-refractivity contribution in [3.05, 3.63) is 171 Å². The Hall–Kier alpha value is -9.38. The van der Waals surface area contributed by atoms with Gasteiger partial charge in [0.1, 0.15) is 24.4 Å². The standard InChI is InChI=1S/C25H44N2O2.C23H36N2O5.C20H31NO2.C19H29NO.C18H28N2O3.C13H19N/c1-4-7-9-11-13-15-19-27(20-16-14-12-10-8-5-2)24-18-17-22(21-23(24)26)25(28)29-6-3;1-23(2,3)30-22(27)25-11-12-28-13-14-29-21(26)19-10-9-18(20(24)16-19)15-17-7-5-4-6-8-17;1-20(2,3)23-19(22)17-12-11-16(18(21)14-17)13-15-9-7-5-4-6-8-10-15;1-2-8-19(21)17-12-11-16(18(20)14-17)13-15-9-6-4-3-5-7-10-15;19-8-9-22-10-11-23-18(21)16-7-6-15(17(20)13-16)12-14-4-2-1-3-5-14;14-13-9-5-4-8-12(13)10-11-6-2-1-3-7-11/h17-18,21H,4-16,19-20,26H2,1-3H3;9-10,16-17H,4-8,11-15,24H2,1-3H3,(H,25,27);11-12,14-15H,4-10,13,21H2,1-3H3;11-12,14-15H,2-10,13,20H2,1H3;6-7,13-14H,1-5,8-12,19-20H2;4-5,8-9,11H,1-3,6-7,10,14H2. The normalized spacial score (nSPS) is 15.2. The first-order valence-corrected chi connectivity index (χ1v) is 54.6. The summed E-state index contributed by atoms with van der Waals surface area (Å²) in [5.41, 5.74) is 55.6. The molecule has 1 amide bonds. The summed E-state index contributed by atoms with van der Waals surface area (Å²) in [4.78, 5) is 74.1. The molecule has 0 heterocycles. The smallest absolute Gasteiger partial charge is 0.407 e. The van der Waals surface area contributed by atoms with Crippen LogP contribution in [0.15, 0.2) is 115 Å². The largest absolute Gasteiger partial charge is 0.462 e. The quantitative estimate of drug-likeness (QED) is 0.00579.